The SMILES string of the molecule is Cl.N=C(c1ccc(Cl)cc1)N1CCCCC1. The number of amidine groups is 1. The van der Waals surface area contributed by atoms with Crippen LogP contribution in [0.15, 0.2) is 24.3 Å². The first-order valence-corrected chi connectivity index (χ1v) is 5.74. The van der Waals surface area contributed by atoms with E-state index in [4.69, 9.17) is 17.0 Å². The van der Waals surface area contributed by atoms with Crippen molar-refractivity contribution in [2.24, 2.45) is 0 Å². The molecule has 0 amide bonds. The van der Waals surface area contributed by atoms with Gasteiger partial charge in [0.15, 0.2) is 0 Å². The molecule has 1 aromatic carbocycles. The summed E-state index contributed by atoms with van der Waals surface area (Å²) >= 11 is 5.82. The van der Waals surface area contributed by atoms with Gasteiger partial charge >= 0.3 is 0 Å². The molecule has 0 aliphatic carbocycles. The summed E-state index contributed by atoms with van der Waals surface area (Å²) in [6.45, 7) is 2.03. The molecule has 1 heterocycles. The summed E-state index contributed by atoms with van der Waals surface area (Å²) in [5, 5.41) is 8.80. The van der Waals surface area contributed by atoms with E-state index in [-0.39, 0.29) is 12.4 Å². The van der Waals surface area contributed by atoms with E-state index in [1.807, 2.05) is 24.3 Å². The minimum Gasteiger partial charge on any atom is -0.357 e. The molecular formula is C12H16Cl2N2. The Labute approximate surface area is 108 Å². The van der Waals surface area contributed by atoms with Crippen LogP contribution in [0.2, 0.25) is 5.02 Å². The topological polar surface area (TPSA) is 27.1 Å². The Balaban J connectivity index is 0.00000128. The summed E-state index contributed by atoms with van der Waals surface area (Å²) in [4.78, 5) is 2.15. The molecule has 88 valence electrons. The third-order valence-electron chi connectivity index (χ3n) is 2.79. The van der Waals surface area contributed by atoms with Crippen molar-refractivity contribution in [3.8, 4) is 0 Å². The van der Waals surface area contributed by atoms with E-state index in [1.165, 1.54) is 19.3 Å². The second-order valence-electron chi connectivity index (χ2n) is 3.90. The highest BCUT2D eigenvalue weighted by Crippen LogP contribution is 2.15. The van der Waals surface area contributed by atoms with Crippen molar-refractivity contribution < 1.29 is 0 Å². The van der Waals surface area contributed by atoms with E-state index in [2.05, 4.69) is 4.90 Å². The lowest BCUT2D eigenvalue weighted by molar-refractivity contribution is 0.341. The van der Waals surface area contributed by atoms with Crippen LogP contribution in [-0.2, 0) is 0 Å². The van der Waals surface area contributed by atoms with E-state index in [9.17, 15) is 0 Å². The third kappa shape index (κ3) is 3.13. The molecule has 1 aromatic rings. The lowest BCUT2D eigenvalue weighted by Gasteiger charge is -2.29. The maximum atomic E-state index is 8.08. The van der Waals surface area contributed by atoms with Gasteiger partial charge in [0.25, 0.3) is 0 Å². The van der Waals surface area contributed by atoms with Gasteiger partial charge < -0.3 is 4.90 Å². The van der Waals surface area contributed by atoms with Gasteiger partial charge in [-0.2, -0.15) is 0 Å². The maximum absolute atomic E-state index is 8.08. The molecule has 16 heavy (non-hydrogen) atoms. The Morgan fingerprint density at radius 3 is 2.19 bits per heavy atom. The minimum atomic E-state index is 0. The summed E-state index contributed by atoms with van der Waals surface area (Å²) in [7, 11) is 0. The molecule has 1 aliphatic rings. The van der Waals surface area contributed by atoms with Crippen molar-refractivity contribution in [3.05, 3.63) is 34.9 Å². The molecule has 4 heteroatoms. The molecule has 2 nitrogen and oxygen atoms in total. The van der Waals surface area contributed by atoms with Crippen molar-refractivity contribution in [1.82, 2.24) is 4.90 Å². The second-order valence-corrected chi connectivity index (χ2v) is 4.34. The Morgan fingerprint density at radius 1 is 1.06 bits per heavy atom. The van der Waals surface area contributed by atoms with E-state index >= 15 is 0 Å². The summed E-state index contributed by atoms with van der Waals surface area (Å²) in [5.74, 6) is 0.631. The quantitative estimate of drug-likeness (QED) is 0.605. The fourth-order valence-corrected chi connectivity index (χ4v) is 2.03. The molecule has 0 aromatic heterocycles. The molecule has 0 atom stereocenters. The summed E-state index contributed by atoms with van der Waals surface area (Å²) < 4.78 is 0. The van der Waals surface area contributed by atoms with Gasteiger partial charge in [0.05, 0.1) is 0 Å². The lowest BCUT2D eigenvalue weighted by atomic mass is 10.1. The van der Waals surface area contributed by atoms with Crippen molar-refractivity contribution in [2.75, 3.05) is 13.1 Å². The van der Waals surface area contributed by atoms with Crippen LogP contribution in [0.4, 0.5) is 0 Å². The van der Waals surface area contributed by atoms with Crippen molar-refractivity contribution in [1.29, 1.82) is 5.41 Å². The number of piperidine rings is 1. The van der Waals surface area contributed by atoms with Crippen LogP contribution < -0.4 is 0 Å². The smallest absolute Gasteiger partial charge is 0.128 e. The van der Waals surface area contributed by atoms with E-state index in [0.717, 1.165) is 23.7 Å². The van der Waals surface area contributed by atoms with Crippen LogP contribution in [0.5, 0.6) is 0 Å². The molecule has 0 bridgehead atoms. The zero-order chi connectivity index (χ0) is 10.7. The number of nitrogens with zero attached hydrogens (tertiary/aromatic N) is 1. The number of halogens is 2. The van der Waals surface area contributed by atoms with Crippen molar-refractivity contribution >= 4 is 29.8 Å². The van der Waals surface area contributed by atoms with Gasteiger partial charge in [0.2, 0.25) is 0 Å². The molecule has 2 rings (SSSR count). The molecule has 0 saturated carbocycles. The Kier molecular flexibility index (Phi) is 5.10. The second kappa shape index (κ2) is 6.12. The monoisotopic (exact) mass is 258 g/mol. The predicted molar refractivity (Wildman–Crippen MR) is 71.0 cm³/mol. The highest BCUT2D eigenvalue weighted by atomic mass is 35.5. The Morgan fingerprint density at radius 2 is 1.62 bits per heavy atom. The zero-order valence-corrected chi connectivity index (χ0v) is 10.7. The van der Waals surface area contributed by atoms with Crippen LogP contribution in [0.3, 0.4) is 0 Å². The van der Waals surface area contributed by atoms with Crippen LogP contribution in [0.1, 0.15) is 24.8 Å². The zero-order valence-electron chi connectivity index (χ0n) is 9.08. The van der Waals surface area contributed by atoms with E-state index < -0.39 is 0 Å². The molecule has 0 radical (unpaired) electrons. The fourth-order valence-electron chi connectivity index (χ4n) is 1.91. The molecule has 1 N–H and O–H groups in total. The Bertz CT molecular complexity index is 343. The fraction of sp³-hybridized carbons (Fsp3) is 0.417. The molecular weight excluding hydrogens is 243 g/mol. The van der Waals surface area contributed by atoms with Crippen molar-refractivity contribution in [3.63, 3.8) is 0 Å². The molecule has 1 saturated heterocycles. The largest absolute Gasteiger partial charge is 0.357 e. The number of likely N-dealkylation sites (tertiary alicyclic amines) is 1. The van der Waals surface area contributed by atoms with Gasteiger partial charge in [-0.1, -0.05) is 11.6 Å². The van der Waals surface area contributed by atoms with Gasteiger partial charge in [-0.3, -0.25) is 5.41 Å². The molecule has 1 fully saturated rings. The lowest BCUT2D eigenvalue weighted by Crippen LogP contribution is -2.35. The average Bonchev–Trinajstić information content (AvgIpc) is 2.30. The van der Waals surface area contributed by atoms with E-state index in [0.29, 0.717) is 5.84 Å². The molecule has 0 unspecified atom stereocenters. The minimum absolute atomic E-state index is 0. The summed E-state index contributed by atoms with van der Waals surface area (Å²) in [6.07, 6.45) is 3.70. The average molecular weight is 259 g/mol. The van der Waals surface area contributed by atoms with Gasteiger partial charge in [0, 0.05) is 23.7 Å². The van der Waals surface area contributed by atoms with Gasteiger partial charge in [-0.15, -0.1) is 12.4 Å². The summed E-state index contributed by atoms with van der Waals surface area (Å²) in [5.41, 5.74) is 0.960. The van der Waals surface area contributed by atoms with Gasteiger partial charge in [-0.25, -0.2) is 0 Å². The molecule has 1 aliphatic heterocycles. The van der Waals surface area contributed by atoms with Crippen LogP contribution in [0.25, 0.3) is 0 Å². The van der Waals surface area contributed by atoms with Gasteiger partial charge in [0.1, 0.15) is 5.84 Å². The number of hydrogen-bond donors (Lipinski definition) is 1. The standard InChI is InChI=1S/C12H15ClN2.ClH/c13-11-6-4-10(5-7-11)12(14)15-8-2-1-3-9-15;/h4-7,14H,1-3,8-9H2;1H. The normalized spacial score (nSPS) is 15.4. The Hall–Kier alpha value is -0.730. The predicted octanol–water partition coefficient (Wildman–Crippen LogP) is 3.57. The van der Waals surface area contributed by atoms with Crippen molar-refractivity contribution in [2.45, 2.75) is 19.3 Å². The maximum Gasteiger partial charge on any atom is 0.128 e. The van der Waals surface area contributed by atoms with Gasteiger partial charge in [-0.05, 0) is 43.5 Å². The van der Waals surface area contributed by atoms with Crippen LogP contribution >= 0.6 is 24.0 Å². The number of nitrogens with one attached hydrogen (secondary N) is 1. The molecule has 0 spiro atoms. The van der Waals surface area contributed by atoms with Crippen LogP contribution in [0, 0.1) is 5.41 Å². The number of benzene rings is 1. The first-order chi connectivity index (χ1) is 7.27. The first kappa shape index (κ1) is 13.3. The number of rotatable bonds is 1. The first-order valence-electron chi connectivity index (χ1n) is 5.37. The summed E-state index contributed by atoms with van der Waals surface area (Å²) in [6, 6.07) is 7.52. The number of hydrogen-bond acceptors (Lipinski definition) is 1. The highest BCUT2D eigenvalue weighted by molar-refractivity contribution is 6.30. The van der Waals surface area contributed by atoms with Crippen LogP contribution in [-0.4, -0.2) is 23.8 Å². The third-order valence-corrected chi connectivity index (χ3v) is 3.04. The highest BCUT2D eigenvalue weighted by Gasteiger charge is 2.14. The van der Waals surface area contributed by atoms with E-state index in [1.54, 1.807) is 0 Å².